The Morgan fingerprint density at radius 1 is 1.12 bits per heavy atom. The van der Waals surface area contributed by atoms with Crippen molar-refractivity contribution in [2.45, 2.75) is 62.1 Å². The number of fused-ring (bicyclic) bond motifs is 5. The van der Waals surface area contributed by atoms with Crippen molar-refractivity contribution in [2.24, 2.45) is 0 Å². The number of nitrogens with zero attached hydrogens (tertiary/aromatic N) is 6. The summed E-state index contributed by atoms with van der Waals surface area (Å²) in [6.07, 6.45) is 3.36. The molecule has 0 aliphatic carbocycles. The molecule has 1 N–H and O–H groups in total. The molecule has 2 bridgehead atoms. The van der Waals surface area contributed by atoms with Gasteiger partial charge >= 0.3 is 18.1 Å². The standard InChI is InChI=1S/C35H30F6N6O3/c1-2-23-26(37)7-4-18-10-22(48)11-24(27(18)23)29-28(38)30-25(13-42-29)31(45-15-20-5-6-21(16-45)47(20)32(49)35(39,40)41)44-33(43-30)50-17-34-8-3-9-46(34)14-19(36)12-34/h1,4,7,10-11,13,19-21,48H,3,5-6,8-9,12,14-17H2/t19-,20?,21?,34+/m0/s1. The molecule has 4 atom stereocenters. The molecule has 0 saturated carbocycles. The number of piperazine rings is 1. The topological polar surface area (TPSA) is 94.9 Å². The Hall–Kier alpha value is -4.84. The van der Waals surface area contributed by atoms with E-state index in [9.17, 15) is 31.9 Å². The molecule has 2 aromatic carbocycles. The number of amides is 1. The number of pyridine rings is 1. The fraction of sp³-hybridized carbons (Fsp3) is 0.429. The van der Waals surface area contributed by atoms with Crippen LogP contribution < -0.4 is 9.64 Å². The molecule has 0 radical (unpaired) electrons. The van der Waals surface area contributed by atoms with Gasteiger partial charge in [0.05, 0.1) is 28.6 Å². The Bertz CT molecular complexity index is 2090. The molecule has 50 heavy (non-hydrogen) atoms. The maximum atomic E-state index is 16.9. The van der Waals surface area contributed by atoms with E-state index in [-0.39, 0.29) is 83.3 Å². The van der Waals surface area contributed by atoms with E-state index in [1.807, 2.05) is 4.90 Å². The van der Waals surface area contributed by atoms with Gasteiger partial charge in [-0.05, 0) is 55.8 Å². The van der Waals surface area contributed by atoms with E-state index in [1.165, 1.54) is 24.4 Å². The number of hydrogen-bond acceptors (Lipinski definition) is 8. The summed E-state index contributed by atoms with van der Waals surface area (Å²) >= 11 is 0. The van der Waals surface area contributed by atoms with Crippen LogP contribution in [0.1, 0.15) is 37.7 Å². The Balaban J connectivity index is 1.25. The van der Waals surface area contributed by atoms with Crippen LogP contribution in [-0.4, -0.2) is 98.5 Å². The van der Waals surface area contributed by atoms with E-state index in [4.69, 9.17) is 11.2 Å². The summed E-state index contributed by atoms with van der Waals surface area (Å²) in [5, 5.41) is 11.1. The van der Waals surface area contributed by atoms with Gasteiger partial charge in [-0.1, -0.05) is 12.0 Å². The summed E-state index contributed by atoms with van der Waals surface area (Å²) in [5.74, 6) is -1.40. The summed E-state index contributed by atoms with van der Waals surface area (Å²) in [4.78, 5) is 30.3. The number of alkyl halides is 4. The zero-order chi connectivity index (χ0) is 35.1. The fourth-order valence-corrected chi connectivity index (χ4v) is 8.47. The lowest BCUT2D eigenvalue weighted by molar-refractivity contribution is -0.188. The third-order valence-electron chi connectivity index (χ3n) is 10.6. The number of halogens is 6. The van der Waals surface area contributed by atoms with Crippen LogP contribution in [-0.2, 0) is 4.79 Å². The van der Waals surface area contributed by atoms with E-state index in [0.29, 0.717) is 31.2 Å². The number of phenolic OH excluding ortho intramolecular Hbond substituents is 1. The van der Waals surface area contributed by atoms with Crippen molar-refractivity contribution in [3.8, 4) is 35.4 Å². The number of hydrogen-bond donors (Lipinski definition) is 1. The highest BCUT2D eigenvalue weighted by molar-refractivity contribution is 6.03. The smallest absolute Gasteiger partial charge is 0.471 e. The highest BCUT2D eigenvalue weighted by Gasteiger charge is 2.52. The Morgan fingerprint density at radius 2 is 1.88 bits per heavy atom. The average molecular weight is 697 g/mol. The molecule has 4 aliphatic rings. The largest absolute Gasteiger partial charge is 0.508 e. The van der Waals surface area contributed by atoms with Crippen LogP contribution in [0.25, 0.3) is 32.9 Å². The van der Waals surface area contributed by atoms with Gasteiger partial charge in [0.2, 0.25) is 0 Å². The first kappa shape index (κ1) is 32.4. The van der Waals surface area contributed by atoms with Gasteiger partial charge in [0.15, 0.2) is 5.82 Å². The second kappa shape index (κ2) is 11.6. The van der Waals surface area contributed by atoms with Gasteiger partial charge in [-0.2, -0.15) is 23.1 Å². The number of rotatable bonds is 5. The minimum atomic E-state index is -5.03. The number of terminal acetylenes is 1. The summed E-state index contributed by atoms with van der Waals surface area (Å²) < 4.78 is 92.7. The first-order valence-electron chi connectivity index (χ1n) is 16.3. The maximum absolute atomic E-state index is 16.9. The second-order valence-electron chi connectivity index (χ2n) is 13.5. The van der Waals surface area contributed by atoms with E-state index in [2.05, 4.69) is 20.9 Å². The molecular formula is C35H30F6N6O3. The number of carbonyl (C=O) groups excluding carboxylic acids is 1. The van der Waals surface area contributed by atoms with Crippen LogP contribution in [0.4, 0.5) is 32.2 Å². The Morgan fingerprint density at radius 3 is 2.60 bits per heavy atom. The van der Waals surface area contributed by atoms with E-state index < -0.39 is 47.5 Å². The molecule has 4 fully saturated rings. The molecule has 15 heteroatoms. The molecule has 260 valence electrons. The molecule has 4 aromatic rings. The van der Waals surface area contributed by atoms with Crippen LogP contribution in [0.3, 0.4) is 0 Å². The van der Waals surface area contributed by atoms with Gasteiger partial charge in [0.25, 0.3) is 0 Å². The fourth-order valence-electron chi connectivity index (χ4n) is 8.47. The number of anilines is 1. The average Bonchev–Trinajstić information content (AvgIpc) is 3.69. The van der Waals surface area contributed by atoms with Gasteiger partial charge in [0, 0.05) is 43.2 Å². The van der Waals surface area contributed by atoms with Crippen molar-refractivity contribution in [1.29, 1.82) is 0 Å². The van der Waals surface area contributed by atoms with Crippen LogP contribution in [0, 0.1) is 24.0 Å². The van der Waals surface area contributed by atoms with E-state index in [0.717, 1.165) is 17.4 Å². The summed E-state index contributed by atoms with van der Waals surface area (Å²) in [6.45, 7) is 0.976. The van der Waals surface area contributed by atoms with Gasteiger partial charge in [-0.3, -0.25) is 14.7 Å². The predicted octanol–water partition coefficient (Wildman–Crippen LogP) is 5.51. The molecule has 2 aromatic heterocycles. The SMILES string of the molecule is C#Cc1c(F)ccc2cc(O)cc(-c3ncc4c(N5CC6CCC(C5)N6C(=O)C(F)(F)F)nc(OC[C@]56CCCN5C[C@@H](F)C6)nc4c3F)c12. The molecular weight excluding hydrogens is 666 g/mol. The molecule has 1 amide bonds. The highest BCUT2D eigenvalue weighted by Crippen LogP contribution is 2.43. The molecule has 2 unspecified atom stereocenters. The van der Waals surface area contributed by atoms with Gasteiger partial charge < -0.3 is 19.6 Å². The summed E-state index contributed by atoms with van der Waals surface area (Å²) in [6, 6.07) is 3.35. The van der Waals surface area contributed by atoms with Gasteiger partial charge in [-0.25, -0.2) is 13.2 Å². The van der Waals surface area contributed by atoms with Crippen LogP contribution >= 0.6 is 0 Å². The summed E-state index contributed by atoms with van der Waals surface area (Å²) in [5.41, 5.74) is -1.28. The zero-order valence-electron chi connectivity index (χ0n) is 26.5. The number of phenols is 1. The monoisotopic (exact) mass is 696 g/mol. The minimum absolute atomic E-state index is 0.00670. The van der Waals surface area contributed by atoms with Gasteiger partial charge in [-0.15, -0.1) is 6.42 Å². The number of aromatic nitrogens is 3. The second-order valence-corrected chi connectivity index (χ2v) is 13.5. The lowest BCUT2D eigenvalue weighted by atomic mass is 9.95. The number of aromatic hydroxyl groups is 1. The molecule has 4 saturated heterocycles. The Labute approximate surface area is 281 Å². The lowest BCUT2D eigenvalue weighted by Crippen LogP contribution is -2.59. The first-order chi connectivity index (χ1) is 23.9. The van der Waals surface area contributed by atoms with Crippen molar-refractivity contribution < 1.29 is 41.0 Å². The third kappa shape index (κ3) is 5.14. The van der Waals surface area contributed by atoms with Crippen LogP contribution in [0.5, 0.6) is 11.8 Å². The molecule has 6 heterocycles. The maximum Gasteiger partial charge on any atom is 0.471 e. The van der Waals surface area contributed by atoms with Crippen molar-refractivity contribution in [1.82, 2.24) is 24.8 Å². The first-order valence-corrected chi connectivity index (χ1v) is 16.3. The number of benzene rings is 2. The number of ether oxygens (including phenoxy) is 1. The number of carbonyl (C=O) groups is 1. The zero-order valence-corrected chi connectivity index (χ0v) is 26.5. The minimum Gasteiger partial charge on any atom is -0.508 e. The molecule has 8 rings (SSSR count). The van der Waals surface area contributed by atoms with E-state index >= 15 is 4.39 Å². The predicted molar refractivity (Wildman–Crippen MR) is 170 cm³/mol. The van der Waals surface area contributed by atoms with Crippen molar-refractivity contribution in [3.63, 3.8) is 0 Å². The Kier molecular flexibility index (Phi) is 7.52. The third-order valence-corrected chi connectivity index (χ3v) is 10.6. The molecule has 0 spiro atoms. The molecule has 9 nitrogen and oxygen atoms in total. The normalized spacial score (nSPS) is 25.0. The lowest BCUT2D eigenvalue weighted by Gasteiger charge is -2.42. The highest BCUT2D eigenvalue weighted by atomic mass is 19.4. The van der Waals surface area contributed by atoms with Crippen molar-refractivity contribution >= 4 is 33.4 Å². The van der Waals surface area contributed by atoms with Crippen molar-refractivity contribution in [3.05, 3.63) is 47.7 Å². The van der Waals surface area contributed by atoms with Crippen LogP contribution in [0.15, 0.2) is 30.5 Å². The van der Waals surface area contributed by atoms with Crippen molar-refractivity contribution in [2.75, 3.05) is 37.7 Å². The van der Waals surface area contributed by atoms with Gasteiger partial charge in [0.1, 0.15) is 41.4 Å². The van der Waals surface area contributed by atoms with Crippen LogP contribution in [0.2, 0.25) is 0 Å². The molecule has 4 aliphatic heterocycles. The summed E-state index contributed by atoms with van der Waals surface area (Å²) in [7, 11) is 0. The quantitative estimate of drug-likeness (QED) is 0.216. The van der Waals surface area contributed by atoms with E-state index in [1.54, 1.807) is 4.90 Å².